The Morgan fingerprint density at radius 3 is 1.64 bits per heavy atom. The second kappa shape index (κ2) is 10.5. The van der Waals surface area contributed by atoms with Crippen molar-refractivity contribution in [3.63, 3.8) is 0 Å². The van der Waals surface area contributed by atoms with Gasteiger partial charge in [-0.15, -0.1) is 0 Å². The van der Waals surface area contributed by atoms with Crippen molar-refractivity contribution in [2.24, 2.45) is 33.5 Å². The molecule has 4 fully saturated rings. The first kappa shape index (κ1) is 27.8. The summed E-state index contributed by atoms with van der Waals surface area (Å²) in [5, 5.41) is 2.97. The van der Waals surface area contributed by atoms with Gasteiger partial charge in [0.25, 0.3) is 0 Å². The minimum atomic E-state index is -0.237. The van der Waals surface area contributed by atoms with E-state index in [2.05, 4.69) is 46.9 Å². The van der Waals surface area contributed by atoms with Gasteiger partial charge in [0.15, 0.2) is 0 Å². The number of carbonyl (C=O) groups excluding carboxylic acids is 2. The quantitative estimate of drug-likeness (QED) is 0.218. The van der Waals surface area contributed by atoms with E-state index in [9.17, 15) is 9.59 Å². The highest BCUT2D eigenvalue weighted by atomic mass is 16.6. The van der Waals surface area contributed by atoms with Crippen LogP contribution in [0.25, 0.3) is 0 Å². The van der Waals surface area contributed by atoms with E-state index in [1.54, 1.807) is 0 Å². The molecule has 0 saturated heterocycles. The highest BCUT2D eigenvalue weighted by Gasteiger charge is 2.63. The maximum atomic E-state index is 12.4. The number of unbranched alkanes of at least 4 members (excludes halogenated alkanes) is 6. The third-order valence-corrected chi connectivity index (χ3v) is 12.3. The number of nitrogens with one attached hydrogen (secondary N) is 1. The van der Waals surface area contributed by atoms with E-state index in [0.717, 1.165) is 44.9 Å². The molecule has 4 rings (SSSR count). The molecule has 4 aliphatic rings. The van der Waals surface area contributed by atoms with Gasteiger partial charge in [0, 0.05) is 23.8 Å². The lowest BCUT2D eigenvalue weighted by Crippen LogP contribution is -2.40. The van der Waals surface area contributed by atoms with Crippen LogP contribution in [0, 0.1) is 33.5 Å². The van der Waals surface area contributed by atoms with Crippen molar-refractivity contribution in [3.05, 3.63) is 0 Å². The smallest absolute Gasteiger partial charge is 0.407 e. The van der Waals surface area contributed by atoms with Crippen LogP contribution < -0.4 is 5.32 Å². The number of ether oxygens (including phenoxy) is 2. The molecule has 1 amide bonds. The van der Waals surface area contributed by atoms with Gasteiger partial charge in [-0.3, -0.25) is 4.79 Å². The molecular formula is C31H53NO4. The molecule has 5 nitrogen and oxygen atoms in total. The standard InChI is InChI=1S/C31H53NO4/c1-28(2)22-15-17-30(28,5)24(20-22)35-26(33)14-12-10-8-7-9-11-13-19-32-27(34)36-25-21-23-16-18-31(25,6)29(23,3)4/h22-25H,7-21H2,1-6H3,(H,32,34). The fourth-order valence-corrected chi connectivity index (χ4v) is 8.47. The van der Waals surface area contributed by atoms with Crippen LogP contribution in [-0.4, -0.2) is 30.8 Å². The van der Waals surface area contributed by atoms with Crippen molar-refractivity contribution in [2.45, 2.75) is 144 Å². The first-order valence-electron chi connectivity index (χ1n) is 15.1. The van der Waals surface area contributed by atoms with E-state index in [1.807, 2.05) is 0 Å². The summed E-state index contributed by atoms with van der Waals surface area (Å²) in [6, 6.07) is 0. The molecule has 206 valence electrons. The van der Waals surface area contributed by atoms with Crippen LogP contribution >= 0.6 is 0 Å². The van der Waals surface area contributed by atoms with Gasteiger partial charge >= 0.3 is 12.1 Å². The zero-order valence-electron chi connectivity index (χ0n) is 24.0. The van der Waals surface area contributed by atoms with E-state index in [-0.39, 0.29) is 40.5 Å². The molecule has 0 aromatic heterocycles. The Hall–Kier alpha value is -1.26. The van der Waals surface area contributed by atoms with E-state index in [4.69, 9.17) is 9.47 Å². The monoisotopic (exact) mass is 503 g/mol. The van der Waals surface area contributed by atoms with Gasteiger partial charge < -0.3 is 14.8 Å². The van der Waals surface area contributed by atoms with Crippen molar-refractivity contribution in [3.8, 4) is 0 Å². The van der Waals surface area contributed by atoms with Gasteiger partial charge in [-0.25, -0.2) is 4.79 Å². The average Bonchev–Trinajstić information content (AvgIpc) is 3.32. The lowest BCUT2D eigenvalue weighted by molar-refractivity contribution is -0.157. The molecule has 5 heteroatoms. The Balaban J connectivity index is 0.981. The van der Waals surface area contributed by atoms with E-state index in [0.29, 0.717) is 30.2 Å². The molecular weight excluding hydrogens is 450 g/mol. The molecule has 0 aromatic carbocycles. The summed E-state index contributed by atoms with van der Waals surface area (Å²) in [4.78, 5) is 24.7. The van der Waals surface area contributed by atoms with Crippen LogP contribution in [0.2, 0.25) is 0 Å². The molecule has 4 aliphatic carbocycles. The van der Waals surface area contributed by atoms with Crippen LogP contribution in [0.1, 0.15) is 131 Å². The third-order valence-electron chi connectivity index (χ3n) is 12.3. The first-order valence-corrected chi connectivity index (χ1v) is 15.1. The fraction of sp³-hybridized carbons (Fsp3) is 0.935. The van der Waals surface area contributed by atoms with E-state index in [1.165, 1.54) is 38.5 Å². The van der Waals surface area contributed by atoms with Gasteiger partial charge in [-0.05, 0) is 74.0 Å². The molecule has 0 heterocycles. The van der Waals surface area contributed by atoms with Crippen molar-refractivity contribution in [1.82, 2.24) is 5.32 Å². The summed E-state index contributed by atoms with van der Waals surface area (Å²) in [6.45, 7) is 14.7. The lowest BCUT2D eigenvalue weighted by atomic mass is 9.70. The highest BCUT2D eigenvalue weighted by molar-refractivity contribution is 5.69. The number of alkyl carbamates (subject to hydrolysis) is 1. The molecule has 0 spiro atoms. The van der Waals surface area contributed by atoms with Gasteiger partial charge in [0.2, 0.25) is 0 Å². The maximum absolute atomic E-state index is 12.4. The zero-order valence-corrected chi connectivity index (χ0v) is 24.0. The SMILES string of the molecule is CC1(C)C2CCC1(C)C(OC(=O)CCCCCCCCCNC(=O)OC1CC3CCC1(C)C3(C)C)C2. The molecule has 6 atom stereocenters. The Kier molecular flexibility index (Phi) is 8.08. The summed E-state index contributed by atoms with van der Waals surface area (Å²) in [7, 11) is 0. The normalized spacial score (nSPS) is 37.3. The van der Waals surface area contributed by atoms with Gasteiger partial charge in [-0.1, -0.05) is 73.6 Å². The van der Waals surface area contributed by atoms with Crippen LogP contribution in [0.5, 0.6) is 0 Å². The number of amides is 1. The van der Waals surface area contributed by atoms with Gasteiger partial charge in [0.05, 0.1) is 0 Å². The minimum absolute atomic E-state index is 0.00512. The summed E-state index contributed by atoms with van der Waals surface area (Å²) in [6.07, 6.45) is 15.2. The second-order valence-electron chi connectivity index (χ2n) is 14.2. The first-order chi connectivity index (χ1) is 16.9. The molecule has 6 unspecified atom stereocenters. The molecule has 1 N–H and O–H groups in total. The van der Waals surface area contributed by atoms with E-state index < -0.39 is 0 Å². The predicted octanol–water partition coefficient (Wildman–Crippen LogP) is 7.81. The second-order valence-corrected chi connectivity index (χ2v) is 14.2. The van der Waals surface area contributed by atoms with Crippen molar-refractivity contribution in [2.75, 3.05) is 6.54 Å². The largest absolute Gasteiger partial charge is 0.462 e. The molecule has 4 bridgehead atoms. The van der Waals surface area contributed by atoms with Crippen LogP contribution in [-0.2, 0) is 14.3 Å². The molecule has 36 heavy (non-hydrogen) atoms. The molecule has 0 aliphatic heterocycles. The average molecular weight is 504 g/mol. The number of fused-ring (bicyclic) bond motifs is 4. The van der Waals surface area contributed by atoms with E-state index >= 15 is 0 Å². The summed E-state index contributed by atoms with van der Waals surface area (Å²) < 4.78 is 11.8. The zero-order chi connectivity index (χ0) is 26.2. The number of hydrogen-bond acceptors (Lipinski definition) is 4. The Morgan fingerprint density at radius 1 is 0.694 bits per heavy atom. The predicted molar refractivity (Wildman–Crippen MR) is 144 cm³/mol. The number of rotatable bonds is 12. The maximum Gasteiger partial charge on any atom is 0.407 e. The third kappa shape index (κ3) is 4.94. The Morgan fingerprint density at radius 2 is 1.17 bits per heavy atom. The minimum Gasteiger partial charge on any atom is -0.462 e. The molecule has 0 radical (unpaired) electrons. The highest BCUT2D eigenvalue weighted by Crippen LogP contribution is 2.67. The van der Waals surface area contributed by atoms with Crippen LogP contribution in [0.3, 0.4) is 0 Å². The number of carbonyl (C=O) groups is 2. The Bertz CT molecular complexity index is 740. The summed E-state index contributed by atoms with van der Waals surface area (Å²) in [5.74, 6) is 1.40. The summed E-state index contributed by atoms with van der Waals surface area (Å²) >= 11 is 0. The van der Waals surface area contributed by atoms with Gasteiger partial charge in [0.1, 0.15) is 12.2 Å². The summed E-state index contributed by atoms with van der Waals surface area (Å²) in [5.41, 5.74) is 0.837. The van der Waals surface area contributed by atoms with Crippen LogP contribution in [0.4, 0.5) is 4.79 Å². The van der Waals surface area contributed by atoms with Crippen molar-refractivity contribution >= 4 is 12.1 Å². The van der Waals surface area contributed by atoms with Crippen molar-refractivity contribution in [1.29, 1.82) is 0 Å². The Labute approximate surface area is 220 Å². The molecule has 4 saturated carbocycles. The molecule has 0 aromatic rings. The number of hydrogen-bond donors (Lipinski definition) is 1. The van der Waals surface area contributed by atoms with Gasteiger partial charge in [-0.2, -0.15) is 0 Å². The lowest BCUT2D eigenvalue weighted by Gasteiger charge is -2.38. The number of esters is 1. The topological polar surface area (TPSA) is 64.6 Å². The fourth-order valence-electron chi connectivity index (χ4n) is 8.47. The van der Waals surface area contributed by atoms with Crippen LogP contribution in [0.15, 0.2) is 0 Å². The van der Waals surface area contributed by atoms with Crippen molar-refractivity contribution < 1.29 is 19.1 Å².